The molecule has 36 heavy (non-hydrogen) atoms. The minimum atomic E-state index is -0.721. The molecule has 0 amide bonds. The average molecular weight is 485 g/mol. The zero-order valence-corrected chi connectivity index (χ0v) is 21.0. The number of aromatic nitrogens is 1. The maximum absolute atomic E-state index is 12.8. The molecule has 4 aliphatic rings. The minimum Gasteiger partial charge on any atom is -0.489 e. The van der Waals surface area contributed by atoms with Gasteiger partial charge in [0.25, 0.3) is 0 Å². The summed E-state index contributed by atoms with van der Waals surface area (Å²) in [4.78, 5) is 29.4. The van der Waals surface area contributed by atoms with E-state index in [1.54, 1.807) is 6.20 Å². The summed E-state index contributed by atoms with van der Waals surface area (Å²) in [5.74, 6) is 0.691. The van der Waals surface area contributed by atoms with Crippen molar-refractivity contribution in [1.82, 2.24) is 4.98 Å². The van der Waals surface area contributed by atoms with Gasteiger partial charge < -0.3 is 15.2 Å². The molecular formula is C30H32N2O4. The number of rotatable bonds is 3. The topological polar surface area (TPSA) is 91.5 Å². The van der Waals surface area contributed by atoms with Crippen LogP contribution in [0, 0.1) is 17.3 Å². The smallest absolute Gasteiger partial charge is 0.303 e. The zero-order chi connectivity index (χ0) is 25.2. The molecule has 0 saturated heterocycles. The van der Waals surface area contributed by atoms with Crippen molar-refractivity contribution in [2.75, 3.05) is 6.54 Å². The Morgan fingerprint density at radius 3 is 2.83 bits per heavy atom. The molecule has 0 spiro atoms. The third-order valence-corrected chi connectivity index (χ3v) is 8.82. The van der Waals surface area contributed by atoms with Crippen LogP contribution in [0.1, 0.15) is 51.5 Å². The monoisotopic (exact) mass is 484 g/mol. The fourth-order valence-corrected chi connectivity index (χ4v) is 7.34. The van der Waals surface area contributed by atoms with Crippen LogP contribution in [-0.4, -0.2) is 35.0 Å². The predicted octanol–water partition coefficient (Wildman–Crippen LogP) is 4.75. The fourth-order valence-electron chi connectivity index (χ4n) is 7.34. The number of fused-ring (bicyclic) bond motifs is 4. The maximum Gasteiger partial charge on any atom is 0.303 e. The summed E-state index contributed by atoms with van der Waals surface area (Å²) in [6.07, 6.45) is 11.7. The number of ether oxygens (including phenoxy) is 2. The number of benzene rings is 1. The standard InChI is InChI=1S/C30H32N2O4/c1-17(33)36-30(3)14-24-27-20(13-23-25(34)10-18(15-31)11-26(23)35-27)6-8-29(24,2)28(30)21-5-4-19-7-9-32-16-22(19)12-21/h4-9,12-13,16,18,24,27-28H,10-11,14-15,31H2,1-3H3/t18?,24-,27+,28+,29-,30?/m0/s1. The number of carbonyl (C=O) groups is 2. The van der Waals surface area contributed by atoms with Crippen LogP contribution in [0.15, 0.2) is 71.8 Å². The molecule has 186 valence electrons. The lowest BCUT2D eigenvalue weighted by molar-refractivity contribution is -0.157. The van der Waals surface area contributed by atoms with Crippen LogP contribution in [0.4, 0.5) is 0 Å². The van der Waals surface area contributed by atoms with E-state index in [4.69, 9.17) is 15.2 Å². The van der Waals surface area contributed by atoms with Gasteiger partial charge >= 0.3 is 5.97 Å². The van der Waals surface area contributed by atoms with Crippen LogP contribution < -0.4 is 5.73 Å². The lowest BCUT2D eigenvalue weighted by Gasteiger charge is -2.45. The van der Waals surface area contributed by atoms with Gasteiger partial charge in [-0.25, -0.2) is 0 Å². The molecule has 1 fully saturated rings. The first kappa shape index (κ1) is 23.2. The Balaban J connectivity index is 1.45. The second-order valence-electron chi connectivity index (χ2n) is 11.3. The number of hydrogen-bond donors (Lipinski definition) is 1. The molecule has 6 nitrogen and oxygen atoms in total. The van der Waals surface area contributed by atoms with Crippen LogP contribution >= 0.6 is 0 Å². The van der Waals surface area contributed by atoms with Crippen LogP contribution in [0.5, 0.6) is 0 Å². The molecular weight excluding hydrogens is 452 g/mol. The molecule has 2 unspecified atom stereocenters. The molecule has 2 heterocycles. The van der Waals surface area contributed by atoms with Crippen molar-refractivity contribution in [1.29, 1.82) is 0 Å². The van der Waals surface area contributed by atoms with Crippen molar-refractivity contribution in [3.05, 3.63) is 77.4 Å². The number of hydrogen-bond acceptors (Lipinski definition) is 6. The van der Waals surface area contributed by atoms with Gasteiger partial charge in [0.05, 0.1) is 5.57 Å². The highest BCUT2D eigenvalue weighted by molar-refractivity contribution is 6.00. The van der Waals surface area contributed by atoms with Gasteiger partial charge in [-0.3, -0.25) is 14.6 Å². The van der Waals surface area contributed by atoms with Crippen LogP contribution in [-0.2, 0) is 19.1 Å². The number of nitrogens with two attached hydrogens (primary N) is 1. The summed E-state index contributed by atoms with van der Waals surface area (Å²) in [5, 5.41) is 2.18. The second-order valence-corrected chi connectivity index (χ2v) is 11.3. The van der Waals surface area contributed by atoms with Gasteiger partial charge in [-0.1, -0.05) is 31.2 Å². The molecule has 1 saturated carbocycles. The van der Waals surface area contributed by atoms with E-state index in [-0.39, 0.29) is 41.0 Å². The van der Waals surface area contributed by atoms with Gasteiger partial charge in [0, 0.05) is 54.8 Å². The van der Waals surface area contributed by atoms with Crippen LogP contribution in [0.25, 0.3) is 10.8 Å². The first-order valence-corrected chi connectivity index (χ1v) is 12.8. The number of allylic oxidation sites excluding steroid dienone is 4. The molecule has 2 N–H and O–H groups in total. The van der Waals surface area contributed by atoms with Crippen molar-refractivity contribution < 1.29 is 19.1 Å². The van der Waals surface area contributed by atoms with E-state index >= 15 is 0 Å². The number of carbonyl (C=O) groups excluding carboxylic acids is 2. The molecule has 1 aromatic carbocycles. The molecule has 6 heteroatoms. The number of nitrogens with zero attached hydrogens (tertiary/aromatic N) is 1. The Hall–Kier alpha value is -3.25. The second kappa shape index (κ2) is 8.13. The zero-order valence-electron chi connectivity index (χ0n) is 21.0. The van der Waals surface area contributed by atoms with E-state index in [0.29, 0.717) is 31.4 Å². The molecule has 6 atom stereocenters. The van der Waals surface area contributed by atoms with Crippen molar-refractivity contribution >= 4 is 22.5 Å². The predicted molar refractivity (Wildman–Crippen MR) is 137 cm³/mol. The Labute approximate surface area is 211 Å². The van der Waals surface area contributed by atoms with Gasteiger partial charge in [-0.2, -0.15) is 0 Å². The number of pyridine rings is 1. The van der Waals surface area contributed by atoms with E-state index in [1.807, 2.05) is 18.3 Å². The molecule has 3 aliphatic carbocycles. The van der Waals surface area contributed by atoms with Gasteiger partial charge in [0.2, 0.25) is 0 Å². The highest BCUT2D eigenvalue weighted by Gasteiger charge is 2.63. The summed E-state index contributed by atoms with van der Waals surface area (Å²) >= 11 is 0. The van der Waals surface area contributed by atoms with Crippen molar-refractivity contribution in [2.45, 2.75) is 57.7 Å². The Morgan fingerprint density at radius 1 is 1.22 bits per heavy atom. The van der Waals surface area contributed by atoms with E-state index in [0.717, 1.165) is 27.7 Å². The molecule has 0 radical (unpaired) electrons. The summed E-state index contributed by atoms with van der Waals surface area (Å²) in [5.41, 5.74) is 7.70. The van der Waals surface area contributed by atoms with Gasteiger partial charge in [-0.05, 0) is 60.5 Å². The summed E-state index contributed by atoms with van der Waals surface area (Å²) in [7, 11) is 0. The quantitative estimate of drug-likeness (QED) is 0.632. The first-order valence-electron chi connectivity index (χ1n) is 12.8. The highest BCUT2D eigenvalue weighted by atomic mass is 16.6. The molecule has 1 aromatic heterocycles. The average Bonchev–Trinajstić information content (AvgIpc) is 3.08. The molecule has 2 aromatic rings. The minimum absolute atomic E-state index is 0.0649. The number of ketones is 1. The normalized spacial score (nSPS) is 35.0. The summed E-state index contributed by atoms with van der Waals surface area (Å²) in [6, 6.07) is 8.44. The third-order valence-electron chi connectivity index (χ3n) is 8.82. The van der Waals surface area contributed by atoms with E-state index in [9.17, 15) is 9.59 Å². The van der Waals surface area contributed by atoms with Gasteiger partial charge in [-0.15, -0.1) is 0 Å². The number of Topliss-reactive ketones (excluding diaryl/α,β-unsaturated/α-hetero) is 1. The summed E-state index contributed by atoms with van der Waals surface area (Å²) < 4.78 is 12.8. The summed E-state index contributed by atoms with van der Waals surface area (Å²) in [6.45, 7) is 6.25. The molecule has 6 rings (SSSR count). The highest BCUT2D eigenvalue weighted by Crippen LogP contribution is 2.64. The van der Waals surface area contributed by atoms with Crippen molar-refractivity contribution in [3.63, 3.8) is 0 Å². The van der Waals surface area contributed by atoms with Gasteiger partial charge in [0.15, 0.2) is 5.78 Å². The molecule has 1 aliphatic heterocycles. The first-order chi connectivity index (χ1) is 17.2. The Kier molecular flexibility index (Phi) is 5.23. The Morgan fingerprint density at radius 2 is 2.06 bits per heavy atom. The Bertz CT molecular complexity index is 1370. The van der Waals surface area contributed by atoms with Crippen molar-refractivity contribution in [2.24, 2.45) is 23.0 Å². The lowest BCUT2D eigenvalue weighted by atomic mass is 9.63. The fraction of sp³-hybridized carbons (Fsp3) is 0.433. The van der Waals surface area contributed by atoms with Crippen molar-refractivity contribution in [3.8, 4) is 0 Å². The van der Waals surface area contributed by atoms with E-state index < -0.39 is 5.60 Å². The molecule has 0 bridgehead atoms. The van der Waals surface area contributed by atoms with E-state index in [2.05, 4.69) is 49.2 Å². The number of esters is 1. The van der Waals surface area contributed by atoms with Gasteiger partial charge in [0.1, 0.15) is 17.5 Å². The maximum atomic E-state index is 12.8. The third kappa shape index (κ3) is 3.46. The largest absolute Gasteiger partial charge is 0.489 e. The SMILES string of the molecule is CC(=O)OC1(C)C[C@H]2[C@@H]3OC4=C(C=C3C=C[C@]2(C)[C@H]1c1ccc2ccncc2c1)C(=O)CC(CN)C4. The van der Waals surface area contributed by atoms with Crippen LogP contribution in [0.2, 0.25) is 0 Å². The van der Waals surface area contributed by atoms with E-state index in [1.165, 1.54) is 6.92 Å². The lowest BCUT2D eigenvalue weighted by Crippen LogP contribution is -2.42. The van der Waals surface area contributed by atoms with Crippen LogP contribution in [0.3, 0.4) is 0 Å².